The summed E-state index contributed by atoms with van der Waals surface area (Å²) in [5.41, 5.74) is 3.74. The zero-order valence-electron chi connectivity index (χ0n) is 23.3. The molecule has 35 heavy (non-hydrogen) atoms. The molecule has 0 aromatic heterocycles. The molecule has 0 heterocycles. The highest BCUT2D eigenvalue weighted by Gasteiger charge is 2.59. The van der Waals surface area contributed by atoms with Crippen molar-refractivity contribution in [2.45, 2.75) is 111 Å². The predicted octanol–water partition coefficient (Wildman–Crippen LogP) is 9.38. The lowest BCUT2D eigenvalue weighted by molar-refractivity contribution is -0.0573. The fourth-order valence-corrected chi connectivity index (χ4v) is 9.91. The van der Waals surface area contributed by atoms with E-state index in [0.29, 0.717) is 16.7 Å². The van der Waals surface area contributed by atoms with Crippen molar-refractivity contribution in [1.29, 1.82) is 0 Å². The Morgan fingerprint density at radius 2 is 1.69 bits per heavy atom. The Bertz CT molecular complexity index is 885. The second kappa shape index (κ2) is 10.00. The Balaban J connectivity index is 1.29. The Morgan fingerprint density at radius 1 is 0.914 bits per heavy atom. The third kappa shape index (κ3) is 4.58. The van der Waals surface area contributed by atoms with Gasteiger partial charge in [0.25, 0.3) is 0 Å². The average Bonchev–Trinajstić information content (AvgIpc) is 3.20. The van der Waals surface area contributed by atoms with Crippen molar-refractivity contribution in [3.05, 3.63) is 47.5 Å². The van der Waals surface area contributed by atoms with Crippen LogP contribution < -0.4 is 0 Å². The minimum Gasteiger partial charge on any atom is -0.388 e. The van der Waals surface area contributed by atoms with Crippen LogP contribution in [-0.4, -0.2) is 5.11 Å². The van der Waals surface area contributed by atoms with Gasteiger partial charge in [0, 0.05) is 0 Å². The van der Waals surface area contributed by atoms with Gasteiger partial charge in [-0.1, -0.05) is 95.9 Å². The Morgan fingerprint density at radius 3 is 2.43 bits per heavy atom. The van der Waals surface area contributed by atoms with Crippen molar-refractivity contribution < 1.29 is 5.11 Å². The molecule has 4 aliphatic rings. The van der Waals surface area contributed by atoms with Gasteiger partial charge in [0.2, 0.25) is 0 Å². The van der Waals surface area contributed by atoms with Crippen molar-refractivity contribution in [2.75, 3.05) is 0 Å². The van der Waals surface area contributed by atoms with Crippen molar-refractivity contribution in [1.82, 2.24) is 0 Å². The molecule has 1 aromatic carbocycles. The molecule has 1 heteroatoms. The maximum atomic E-state index is 11.2. The van der Waals surface area contributed by atoms with Crippen LogP contribution in [0.4, 0.5) is 0 Å². The van der Waals surface area contributed by atoms with Gasteiger partial charge in [0.1, 0.15) is 0 Å². The molecule has 4 aliphatic carbocycles. The highest BCUT2D eigenvalue weighted by molar-refractivity contribution is 5.27. The summed E-state index contributed by atoms with van der Waals surface area (Å²) in [6.07, 6.45) is 17.3. The molecule has 0 amide bonds. The first-order chi connectivity index (χ1) is 16.7. The lowest BCUT2D eigenvalue weighted by atomic mass is 9.46. The Labute approximate surface area is 216 Å². The van der Waals surface area contributed by atoms with Crippen LogP contribution in [-0.2, 0) is 0 Å². The largest absolute Gasteiger partial charge is 0.388 e. The van der Waals surface area contributed by atoms with Gasteiger partial charge in [-0.2, -0.15) is 0 Å². The van der Waals surface area contributed by atoms with Crippen LogP contribution in [0.15, 0.2) is 42.0 Å². The SMILES string of the molecule is CC(C)CCC[C@@H](C)[C@H]1CC[C@H]2[C@@H]3CC=C4CC(C(O)c5ccccc5)CC[C@]4(C)[C@H]3CC[C@]12C. The highest BCUT2D eigenvalue weighted by Crippen LogP contribution is 2.67. The number of aliphatic hydroxyl groups excluding tert-OH is 1. The fraction of sp³-hybridized carbons (Fsp3) is 0.765. The first-order valence-corrected chi connectivity index (χ1v) is 15.2. The lowest BCUT2D eigenvalue weighted by Crippen LogP contribution is -2.50. The zero-order chi connectivity index (χ0) is 24.8. The molecule has 0 saturated heterocycles. The summed E-state index contributed by atoms with van der Waals surface area (Å²) in [6, 6.07) is 10.4. The summed E-state index contributed by atoms with van der Waals surface area (Å²) in [5, 5.41) is 11.2. The van der Waals surface area contributed by atoms with Gasteiger partial charge in [-0.25, -0.2) is 0 Å². The highest BCUT2D eigenvalue weighted by atomic mass is 16.3. The minimum atomic E-state index is -0.318. The third-order valence-electron chi connectivity index (χ3n) is 11.9. The normalized spacial score (nSPS) is 40.4. The van der Waals surface area contributed by atoms with E-state index in [2.05, 4.69) is 71.0 Å². The molecule has 0 spiro atoms. The number of aliphatic hydroxyl groups is 1. The van der Waals surface area contributed by atoms with Crippen LogP contribution >= 0.6 is 0 Å². The number of rotatable bonds is 7. The molecule has 2 unspecified atom stereocenters. The molecule has 1 N–H and O–H groups in total. The van der Waals surface area contributed by atoms with Gasteiger partial charge in [0.05, 0.1) is 6.10 Å². The molecule has 1 aromatic rings. The fourth-order valence-electron chi connectivity index (χ4n) is 9.91. The van der Waals surface area contributed by atoms with Gasteiger partial charge in [-0.15, -0.1) is 0 Å². The van der Waals surface area contributed by atoms with E-state index in [-0.39, 0.29) is 6.10 Å². The Hall–Kier alpha value is -1.08. The predicted molar refractivity (Wildman–Crippen MR) is 148 cm³/mol. The van der Waals surface area contributed by atoms with Crippen molar-refractivity contribution in [3.8, 4) is 0 Å². The van der Waals surface area contributed by atoms with Crippen LogP contribution in [0, 0.1) is 52.3 Å². The summed E-state index contributed by atoms with van der Waals surface area (Å²) in [7, 11) is 0. The number of fused-ring (bicyclic) bond motifs is 5. The molecule has 0 aliphatic heterocycles. The molecule has 0 radical (unpaired) electrons. The first kappa shape index (κ1) is 25.6. The second-order valence-electron chi connectivity index (χ2n) is 14.1. The number of benzene rings is 1. The van der Waals surface area contributed by atoms with Gasteiger partial charge >= 0.3 is 0 Å². The van der Waals surface area contributed by atoms with E-state index in [4.69, 9.17) is 0 Å². The maximum absolute atomic E-state index is 11.2. The van der Waals surface area contributed by atoms with Crippen molar-refractivity contribution in [3.63, 3.8) is 0 Å². The van der Waals surface area contributed by atoms with Gasteiger partial charge in [0.15, 0.2) is 0 Å². The lowest BCUT2D eigenvalue weighted by Gasteiger charge is -2.59. The Kier molecular flexibility index (Phi) is 7.30. The van der Waals surface area contributed by atoms with Gasteiger partial charge in [-0.3, -0.25) is 0 Å². The van der Waals surface area contributed by atoms with E-state index in [0.717, 1.165) is 47.5 Å². The van der Waals surface area contributed by atoms with E-state index >= 15 is 0 Å². The summed E-state index contributed by atoms with van der Waals surface area (Å²) in [4.78, 5) is 0. The van der Waals surface area contributed by atoms with E-state index in [1.165, 1.54) is 64.2 Å². The smallest absolute Gasteiger partial charge is 0.0821 e. The molecule has 1 nitrogen and oxygen atoms in total. The van der Waals surface area contributed by atoms with E-state index in [9.17, 15) is 5.11 Å². The molecular weight excluding hydrogens is 424 g/mol. The molecule has 0 bridgehead atoms. The second-order valence-corrected chi connectivity index (χ2v) is 14.1. The molecule has 9 atom stereocenters. The summed E-state index contributed by atoms with van der Waals surface area (Å²) in [5.74, 6) is 5.75. The minimum absolute atomic E-state index is 0.318. The quantitative estimate of drug-likeness (QED) is 0.389. The first-order valence-electron chi connectivity index (χ1n) is 15.2. The number of allylic oxidation sites excluding steroid dienone is 2. The standard InChI is InChI=1S/C34H52O/c1-23(2)10-9-11-24(3)29-16-17-30-28-15-14-27-22-26(32(35)25-12-7-6-8-13-25)18-20-33(27,4)31(28)19-21-34(29,30)5/h6-8,12-14,23-24,26,28-32,35H,9-11,15-22H2,1-5H3/t24-,26?,28+,29-,30+,31+,32?,33+,34-/m1/s1. The van der Waals surface area contributed by atoms with E-state index in [1.807, 2.05) is 0 Å². The van der Waals surface area contributed by atoms with Gasteiger partial charge < -0.3 is 5.11 Å². The molecule has 5 rings (SSSR count). The van der Waals surface area contributed by atoms with E-state index < -0.39 is 0 Å². The van der Waals surface area contributed by atoms with Crippen LogP contribution in [0.5, 0.6) is 0 Å². The van der Waals surface area contributed by atoms with Crippen LogP contribution in [0.2, 0.25) is 0 Å². The summed E-state index contributed by atoms with van der Waals surface area (Å²) < 4.78 is 0. The van der Waals surface area contributed by atoms with Crippen LogP contribution in [0.1, 0.15) is 117 Å². The topological polar surface area (TPSA) is 20.2 Å². The summed E-state index contributed by atoms with van der Waals surface area (Å²) in [6.45, 7) is 12.7. The van der Waals surface area contributed by atoms with Crippen LogP contribution in [0.25, 0.3) is 0 Å². The van der Waals surface area contributed by atoms with Crippen molar-refractivity contribution in [2.24, 2.45) is 52.3 Å². The monoisotopic (exact) mass is 476 g/mol. The number of hydrogen-bond donors (Lipinski definition) is 1. The molecule has 194 valence electrons. The summed E-state index contributed by atoms with van der Waals surface area (Å²) >= 11 is 0. The molecular formula is C34H52O. The average molecular weight is 477 g/mol. The zero-order valence-corrected chi connectivity index (χ0v) is 23.3. The third-order valence-corrected chi connectivity index (χ3v) is 11.9. The molecule has 3 saturated carbocycles. The van der Waals surface area contributed by atoms with Gasteiger partial charge in [-0.05, 0) is 109 Å². The maximum Gasteiger partial charge on any atom is 0.0821 e. The van der Waals surface area contributed by atoms with E-state index in [1.54, 1.807) is 5.57 Å². The molecule has 3 fully saturated rings. The van der Waals surface area contributed by atoms with Crippen LogP contribution in [0.3, 0.4) is 0 Å². The van der Waals surface area contributed by atoms with Crippen molar-refractivity contribution >= 4 is 0 Å². The number of hydrogen-bond acceptors (Lipinski definition) is 1.